The first-order valence-corrected chi connectivity index (χ1v) is 8.69. The van der Waals surface area contributed by atoms with Gasteiger partial charge in [0.1, 0.15) is 12.3 Å². The first-order chi connectivity index (χ1) is 12.4. The zero-order valence-electron chi connectivity index (χ0n) is 16.2. The monoisotopic (exact) mass is 489 g/mol. The van der Waals surface area contributed by atoms with E-state index in [1.54, 1.807) is 18.3 Å². The third-order valence-corrected chi connectivity index (χ3v) is 3.46. The van der Waals surface area contributed by atoms with Crippen LogP contribution in [0.25, 0.3) is 0 Å². The Hall–Kier alpha value is -2.04. The molecule has 0 aliphatic rings. The van der Waals surface area contributed by atoms with Gasteiger partial charge in [0, 0.05) is 25.0 Å². The molecule has 2 aromatic rings. The van der Waals surface area contributed by atoms with Gasteiger partial charge in [0.25, 0.3) is 5.91 Å². The summed E-state index contributed by atoms with van der Waals surface area (Å²) in [6, 6.07) is 3.30. The molecule has 2 rings (SSSR count). The van der Waals surface area contributed by atoms with E-state index in [-0.39, 0.29) is 35.3 Å². The summed E-state index contributed by atoms with van der Waals surface area (Å²) in [5, 5.41) is 9.06. The number of hydrogen-bond acceptors (Lipinski definition) is 5. The van der Waals surface area contributed by atoms with Gasteiger partial charge in [-0.2, -0.15) is 0 Å². The van der Waals surface area contributed by atoms with E-state index in [0.29, 0.717) is 37.2 Å². The number of oxazole rings is 1. The molecule has 0 unspecified atom stereocenters. The SMILES string of the molecule is CCNC(=NCc1ncc(C(C)(C)C)o1)NCCNC(=O)c1ccco1.I. The van der Waals surface area contributed by atoms with Crippen molar-refractivity contribution in [3.8, 4) is 0 Å². The molecule has 3 N–H and O–H groups in total. The molecule has 0 bridgehead atoms. The minimum Gasteiger partial charge on any atom is -0.459 e. The molecular weight excluding hydrogens is 461 g/mol. The van der Waals surface area contributed by atoms with E-state index in [1.165, 1.54) is 6.26 Å². The number of rotatable bonds is 7. The number of carbonyl (C=O) groups is 1. The van der Waals surface area contributed by atoms with E-state index < -0.39 is 0 Å². The van der Waals surface area contributed by atoms with Gasteiger partial charge < -0.3 is 24.8 Å². The van der Waals surface area contributed by atoms with E-state index in [1.807, 2.05) is 6.92 Å². The van der Waals surface area contributed by atoms with Crippen molar-refractivity contribution in [3.63, 3.8) is 0 Å². The molecule has 0 spiro atoms. The van der Waals surface area contributed by atoms with Crippen molar-refractivity contribution in [1.82, 2.24) is 20.9 Å². The highest BCUT2D eigenvalue weighted by Gasteiger charge is 2.19. The molecule has 2 heterocycles. The zero-order chi connectivity index (χ0) is 19.0. The standard InChI is InChI=1S/C18H27N5O3.HI/c1-5-19-17(21-9-8-20-16(24)13-7-6-10-25-13)23-12-15-22-11-14(26-15)18(2,3)4;/h6-7,10-11H,5,8-9,12H2,1-4H3,(H,20,24)(H2,19,21,23);1H. The van der Waals surface area contributed by atoms with Gasteiger partial charge in [0.15, 0.2) is 11.7 Å². The second-order valence-electron chi connectivity index (χ2n) is 6.72. The molecular formula is C18H28IN5O3. The first-order valence-electron chi connectivity index (χ1n) is 8.69. The summed E-state index contributed by atoms with van der Waals surface area (Å²) < 4.78 is 10.8. The quantitative estimate of drug-likeness (QED) is 0.239. The van der Waals surface area contributed by atoms with Crippen LogP contribution in [0.4, 0.5) is 0 Å². The minimum absolute atomic E-state index is 0. The summed E-state index contributed by atoms with van der Waals surface area (Å²) in [6.07, 6.45) is 3.21. The minimum atomic E-state index is -0.242. The van der Waals surface area contributed by atoms with Crippen molar-refractivity contribution in [3.05, 3.63) is 42.0 Å². The van der Waals surface area contributed by atoms with Crippen molar-refractivity contribution >= 4 is 35.8 Å². The van der Waals surface area contributed by atoms with Crippen LogP contribution in [0.1, 0.15) is 49.9 Å². The summed E-state index contributed by atoms with van der Waals surface area (Å²) in [6.45, 7) is 10.2. The molecule has 0 saturated carbocycles. The second-order valence-corrected chi connectivity index (χ2v) is 6.72. The molecule has 0 fully saturated rings. The number of halogens is 1. The normalized spacial score (nSPS) is 11.6. The Labute approximate surface area is 176 Å². The highest BCUT2D eigenvalue weighted by Crippen LogP contribution is 2.22. The highest BCUT2D eigenvalue weighted by molar-refractivity contribution is 14.0. The number of hydrogen-bond donors (Lipinski definition) is 3. The van der Waals surface area contributed by atoms with Crippen LogP contribution in [0.3, 0.4) is 0 Å². The summed E-state index contributed by atoms with van der Waals surface area (Å²) in [5.74, 6) is 2.09. The lowest BCUT2D eigenvalue weighted by atomic mass is 9.94. The van der Waals surface area contributed by atoms with Gasteiger partial charge in [-0.15, -0.1) is 24.0 Å². The molecule has 27 heavy (non-hydrogen) atoms. The van der Waals surface area contributed by atoms with Crippen LogP contribution in [-0.2, 0) is 12.0 Å². The van der Waals surface area contributed by atoms with Crippen LogP contribution in [0, 0.1) is 0 Å². The van der Waals surface area contributed by atoms with E-state index in [4.69, 9.17) is 8.83 Å². The van der Waals surface area contributed by atoms with Crippen molar-refractivity contribution in [1.29, 1.82) is 0 Å². The largest absolute Gasteiger partial charge is 0.459 e. The maximum atomic E-state index is 11.8. The number of aliphatic imine (C=N–C) groups is 1. The summed E-state index contributed by atoms with van der Waals surface area (Å²) >= 11 is 0. The Kier molecular flexibility index (Phi) is 9.33. The van der Waals surface area contributed by atoms with Crippen molar-refractivity contribution in [2.75, 3.05) is 19.6 Å². The van der Waals surface area contributed by atoms with Crippen LogP contribution in [0.5, 0.6) is 0 Å². The van der Waals surface area contributed by atoms with Crippen molar-refractivity contribution in [2.24, 2.45) is 4.99 Å². The maximum absolute atomic E-state index is 11.8. The average Bonchev–Trinajstić information content (AvgIpc) is 3.27. The van der Waals surface area contributed by atoms with Crippen LogP contribution in [-0.4, -0.2) is 36.5 Å². The molecule has 9 heteroatoms. The number of guanidine groups is 1. The fraction of sp³-hybridized carbons (Fsp3) is 0.500. The summed E-state index contributed by atoms with van der Waals surface area (Å²) in [4.78, 5) is 20.5. The fourth-order valence-corrected chi connectivity index (χ4v) is 2.07. The number of amides is 1. The Morgan fingerprint density at radius 1 is 1.22 bits per heavy atom. The van der Waals surface area contributed by atoms with E-state index >= 15 is 0 Å². The number of furan rings is 1. The molecule has 0 aliphatic heterocycles. The Morgan fingerprint density at radius 2 is 1.96 bits per heavy atom. The molecule has 8 nitrogen and oxygen atoms in total. The third-order valence-electron chi connectivity index (χ3n) is 3.46. The smallest absolute Gasteiger partial charge is 0.287 e. The van der Waals surface area contributed by atoms with E-state index in [9.17, 15) is 4.79 Å². The number of carbonyl (C=O) groups excluding carboxylic acids is 1. The molecule has 2 aromatic heterocycles. The number of nitrogens with zero attached hydrogens (tertiary/aromatic N) is 2. The van der Waals surface area contributed by atoms with Gasteiger partial charge in [-0.25, -0.2) is 9.98 Å². The fourth-order valence-electron chi connectivity index (χ4n) is 2.07. The molecule has 1 amide bonds. The molecule has 0 saturated heterocycles. The van der Waals surface area contributed by atoms with Gasteiger partial charge in [0.05, 0.1) is 12.5 Å². The Bertz CT molecular complexity index is 720. The molecule has 150 valence electrons. The number of aromatic nitrogens is 1. The summed E-state index contributed by atoms with van der Waals surface area (Å²) in [7, 11) is 0. The Morgan fingerprint density at radius 3 is 2.56 bits per heavy atom. The van der Waals surface area contributed by atoms with Gasteiger partial charge >= 0.3 is 0 Å². The Balaban J connectivity index is 0.00000364. The van der Waals surface area contributed by atoms with Crippen LogP contribution < -0.4 is 16.0 Å². The molecule has 0 atom stereocenters. The third kappa shape index (κ3) is 7.61. The lowest BCUT2D eigenvalue weighted by Gasteiger charge is -2.13. The van der Waals surface area contributed by atoms with Gasteiger partial charge in [-0.1, -0.05) is 20.8 Å². The van der Waals surface area contributed by atoms with Crippen molar-refractivity contribution in [2.45, 2.75) is 39.7 Å². The molecule has 0 aliphatic carbocycles. The first kappa shape index (κ1) is 23.0. The van der Waals surface area contributed by atoms with Gasteiger partial charge in [0.2, 0.25) is 5.89 Å². The topological polar surface area (TPSA) is 105 Å². The van der Waals surface area contributed by atoms with E-state index in [2.05, 4.69) is 46.7 Å². The van der Waals surface area contributed by atoms with Gasteiger partial charge in [-0.3, -0.25) is 4.79 Å². The van der Waals surface area contributed by atoms with Gasteiger partial charge in [-0.05, 0) is 19.1 Å². The predicted molar refractivity (Wildman–Crippen MR) is 114 cm³/mol. The highest BCUT2D eigenvalue weighted by atomic mass is 127. The lowest BCUT2D eigenvalue weighted by molar-refractivity contribution is 0.0926. The van der Waals surface area contributed by atoms with Crippen LogP contribution >= 0.6 is 24.0 Å². The van der Waals surface area contributed by atoms with Crippen molar-refractivity contribution < 1.29 is 13.6 Å². The average molecular weight is 489 g/mol. The zero-order valence-corrected chi connectivity index (χ0v) is 18.5. The molecule has 0 aromatic carbocycles. The predicted octanol–water partition coefficient (Wildman–Crippen LogP) is 2.67. The molecule has 0 radical (unpaired) electrons. The number of nitrogens with one attached hydrogen (secondary N) is 3. The second kappa shape index (κ2) is 11.0. The van der Waals surface area contributed by atoms with E-state index in [0.717, 1.165) is 12.3 Å². The lowest BCUT2D eigenvalue weighted by Crippen LogP contribution is -2.41. The van der Waals surface area contributed by atoms with Crippen LogP contribution in [0.2, 0.25) is 0 Å². The maximum Gasteiger partial charge on any atom is 0.287 e. The van der Waals surface area contributed by atoms with Crippen LogP contribution in [0.15, 0.2) is 38.4 Å². The summed E-state index contributed by atoms with van der Waals surface area (Å²) in [5.41, 5.74) is -0.0795.